The molecule has 0 radical (unpaired) electrons. The van der Waals surface area contributed by atoms with Crippen LogP contribution in [0.15, 0.2) is 66.6 Å². The van der Waals surface area contributed by atoms with Crippen molar-refractivity contribution in [3.63, 3.8) is 0 Å². The number of allylic oxidation sites excluding steroid dienone is 3. The molecular formula is C29H30IN3O. The van der Waals surface area contributed by atoms with Gasteiger partial charge in [-0.05, 0) is 86.0 Å². The van der Waals surface area contributed by atoms with Gasteiger partial charge in [0, 0.05) is 18.5 Å². The molecule has 1 aromatic heterocycles. The average Bonchev–Trinajstić information content (AvgIpc) is 3.47. The molecule has 0 spiro atoms. The predicted molar refractivity (Wildman–Crippen MR) is 136 cm³/mol. The Hall–Kier alpha value is -2.80. The Bertz CT molecular complexity index is 1460. The molecule has 2 aliphatic rings. The van der Waals surface area contributed by atoms with Crippen LogP contribution in [0.25, 0.3) is 27.4 Å². The van der Waals surface area contributed by atoms with Crippen molar-refractivity contribution in [1.29, 1.82) is 0 Å². The number of imidazole rings is 1. The number of nitrogens with zero attached hydrogens (tertiary/aromatic N) is 3. The fraction of sp³-hybridized carbons (Fsp3) is 0.276. The van der Waals surface area contributed by atoms with Crippen molar-refractivity contribution < 1.29 is 33.3 Å². The number of aromatic nitrogens is 2. The number of hydrogen-bond acceptors (Lipinski definition) is 2. The fourth-order valence-corrected chi connectivity index (χ4v) is 5.39. The second-order valence-electron chi connectivity index (χ2n) is 9.10. The van der Waals surface area contributed by atoms with E-state index < -0.39 is 0 Å². The van der Waals surface area contributed by atoms with Crippen LogP contribution in [0.3, 0.4) is 0 Å². The molecule has 0 atom stereocenters. The van der Waals surface area contributed by atoms with E-state index >= 15 is 0 Å². The fourth-order valence-electron chi connectivity index (χ4n) is 5.39. The van der Waals surface area contributed by atoms with Gasteiger partial charge in [0.2, 0.25) is 5.88 Å². The van der Waals surface area contributed by atoms with Crippen LogP contribution in [0.2, 0.25) is 0 Å². The van der Waals surface area contributed by atoms with Gasteiger partial charge in [-0.1, -0.05) is 24.3 Å². The van der Waals surface area contributed by atoms with Crippen molar-refractivity contribution in [2.75, 3.05) is 11.4 Å². The summed E-state index contributed by atoms with van der Waals surface area (Å²) in [4.78, 5) is 2.27. The van der Waals surface area contributed by atoms with Crippen molar-refractivity contribution in [2.24, 2.45) is 0 Å². The Balaban J connectivity index is 0.00000241. The highest BCUT2D eigenvalue weighted by molar-refractivity contribution is 5.95. The van der Waals surface area contributed by atoms with E-state index in [9.17, 15) is 0 Å². The first-order valence-corrected chi connectivity index (χ1v) is 12.0. The maximum Gasteiger partial charge on any atom is 0.285 e. The highest BCUT2D eigenvalue weighted by atomic mass is 127. The van der Waals surface area contributed by atoms with Crippen LogP contribution >= 0.6 is 0 Å². The largest absolute Gasteiger partial charge is 1.00 e. The number of aryl methyl sites for hydroxylation is 4. The highest BCUT2D eigenvalue weighted by Gasteiger charge is 2.33. The lowest BCUT2D eigenvalue weighted by molar-refractivity contribution is -0.670. The van der Waals surface area contributed by atoms with Crippen molar-refractivity contribution >= 4 is 33.1 Å². The average molecular weight is 563 g/mol. The van der Waals surface area contributed by atoms with Crippen LogP contribution in [0.5, 0.6) is 5.75 Å². The molecule has 174 valence electrons. The Morgan fingerprint density at radius 2 is 1.71 bits per heavy atom. The number of fused-ring (bicyclic) bond motifs is 5. The van der Waals surface area contributed by atoms with Gasteiger partial charge in [0.05, 0.1) is 18.8 Å². The third kappa shape index (κ3) is 3.44. The van der Waals surface area contributed by atoms with Gasteiger partial charge in [-0.15, -0.1) is 0 Å². The number of rotatable bonds is 3. The van der Waals surface area contributed by atoms with Crippen LogP contribution in [-0.2, 0) is 13.1 Å². The maximum atomic E-state index is 6.29. The molecule has 0 unspecified atom stereocenters. The van der Waals surface area contributed by atoms with Gasteiger partial charge in [0.15, 0.2) is 16.8 Å². The first kappa shape index (κ1) is 23.0. The number of benzene rings is 3. The molecule has 0 aliphatic carbocycles. The Morgan fingerprint density at radius 3 is 2.44 bits per heavy atom. The molecule has 0 amide bonds. The minimum absolute atomic E-state index is 0. The minimum atomic E-state index is 0. The summed E-state index contributed by atoms with van der Waals surface area (Å²) in [5.41, 5.74) is 7.74. The summed E-state index contributed by atoms with van der Waals surface area (Å²) in [6.45, 7) is 11.6. The van der Waals surface area contributed by atoms with E-state index in [1.807, 2.05) is 0 Å². The first-order valence-electron chi connectivity index (χ1n) is 12.0. The van der Waals surface area contributed by atoms with E-state index in [0.29, 0.717) is 0 Å². The van der Waals surface area contributed by atoms with Gasteiger partial charge in [-0.3, -0.25) is 0 Å². The van der Waals surface area contributed by atoms with Crippen LogP contribution in [0, 0.1) is 13.8 Å². The monoisotopic (exact) mass is 563 g/mol. The zero-order chi connectivity index (χ0) is 22.7. The molecule has 3 heterocycles. The van der Waals surface area contributed by atoms with E-state index in [1.54, 1.807) is 0 Å². The Kier molecular flexibility index (Phi) is 5.92. The van der Waals surface area contributed by atoms with Crippen LogP contribution in [0.1, 0.15) is 37.2 Å². The molecule has 0 N–H and O–H groups in total. The van der Waals surface area contributed by atoms with E-state index in [0.717, 1.165) is 37.7 Å². The molecule has 3 aromatic carbocycles. The SMILES string of the molecule is CCN1C(=CC=C2CCn3c2[n+](CC)c2cc4ccccc4cc23)Oc2cc(C)c(C)cc21.[I-]. The zero-order valence-electron chi connectivity index (χ0n) is 20.2. The quantitative estimate of drug-likeness (QED) is 0.282. The number of ether oxygens (including phenoxy) is 1. The summed E-state index contributed by atoms with van der Waals surface area (Å²) in [6.07, 6.45) is 5.47. The number of halogens is 1. The Labute approximate surface area is 218 Å². The van der Waals surface area contributed by atoms with Gasteiger partial charge in [-0.25, -0.2) is 9.13 Å². The third-order valence-electron chi connectivity index (χ3n) is 7.23. The van der Waals surface area contributed by atoms with Crippen molar-refractivity contribution in [2.45, 2.75) is 47.2 Å². The molecule has 0 saturated carbocycles. The van der Waals surface area contributed by atoms with Gasteiger partial charge in [0.25, 0.3) is 5.82 Å². The lowest BCUT2D eigenvalue weighted by Crippen LogP contribution is -3.00. The number of anilines is 1. The smallest absolute Gasteiger partial charge is 0.285 e. The zero-order valence-corrected chi connectivity index (χ0v) is 22.4. The van der Waals surface area contributed by atoms with Crippen molar-refractivity contribution in [3.8, 4) is 5.75 Å². The van der Waals surface area contributed by atoms with Crippen LogP contribution in [-0.4, -0.2) is 11.1 Å². The lowest BCUT2D eigenvalue weighted by atomic mass is 10.1. The summed E-state index contributed by atoms with van der Waals surface area (Å²) in [5.74, 6) is 3.19. The summed E-state index contributed by atoms with van der Waals surface area (Å²) >= 11 is 0. The molecule has 0 fully saturated rings. The van der Waals surface area contributed by atoms with Gasteiger partial charge >= 0.3 is 0 Å². The van der Waals surface area contributed by atoms with Crippen LogP contribution in [0.4, 0.5) is 5.69 Å². The lowest BCUT2D eigenvalue weighted by Gasteiger charge is -2.15. The van der Waals surface area contributed by atoms with E-state index in [4.69, 9.17) is 4.74 Å². The summed E-state index contributed by atoms with van der Waals surface area (Å²) in [6, 6.07) is 17.7. The third-order valence-corrected chi connectivity index (χ3v) is 7.23. The van der Waals surface area contributed by atoms with Gasteiger partial charge in [0.1, 0.15) is 0 Å². The standard InChI is InChI=1S/C29H30N3O.HI/c1-5-30-26-15-19(3)20(4)16-27(26)33-28(30)12-11-21-13-14-32-25-18-23-10-8-7-9-22(23)17-24(25)31(6-2)29(21)32;/h7-12,15-18H,5-6,13-14H2,1-4H3;1H/q+1;/p-1. The van der Waals surface area contributed by atoms with Crippen LogP contribution < -0.4 is 38.2 Å². The second kappa shape index (κ2) is 8.77. The van der Waals surface area contributed by atoms with Crippen molar-refractivity contribution in [3.05, 3.63) is 83.5 Å². The molecule has 4 nitrogen and oxygen atoms in total. The molecule has 2 aliphatic heterocycles. The van der Waals surface area contributed by atoms with E-state index in [1.165, 1.54) is 50.0 Å². The molecule has 4 aromatic rings. The maximum absolute atomic E-state index is 6.29. The summed E-state index contributed by atoms with van der Waals surface area (Å²) in [7, 11) is 0. The second-order valence-corrected chi connectivity index (χ2v) is 9.10. The number of hydrogen-bond donors (Lipinski definition) is 0. The summed E-state index contributed by atoms with van der Waals surface area (Å²) < 4.78 is 11.2. The highest BCUT2D eigenvalue weighted by Crippen LogP contribution is 2.41. The van der Waals surface area contributed by atoms with Gasteiger partial charge < -0.3 is 33.6 Å². The van der Waals surface area contributed by atoms with E-state index in [-0.39, 0.29) is 24.0 Å². The molecule has 34 heavy (non-hydrogen) atoms. The Morgan fingerprint density at radius 1 is 0.971 bits per heavy atom. The van der Waals surface area contributed by atoms with Crippen molar-refractivity contribution in [1.82, 2.24) is 4.57 Å². The first-order chi connectivity index (χ1) is 16.1. The summed E-state index contributed by atoms with van der Waals surface area (Å²) in [5, 5.41) is 2.60. The molecular weight excluding hydrogens is 533 g/mol. The van der Waals surface area contributed by atoms with E-state index in [2.05, 4.69) is 102 Å². The molecule has 0 saturated heterocycles. The topological polar surface area (TPSA) is 21.3 Å². The normalized spacial score (nSPS) is 16.9. The van der Waals surface area contributed by atoms with Gasteiger partial charge in [-0.2, -0.15) is 0 Å². The predicted octanol–water partition coefficient (Wildman–Crippen LogP) is 3.27. The molecule has 0 bridgehead atoms. The molecule has 6 rings (SSSR count). The molecule has 5 heteroatoms. The minimum Gasteiger partial charge on any atom is -1.00 e.